The number of hydrogen-bond acceptors (Lipinski definition) is 3. The summed E-state index contributed by atoms with van der Waals surface area (Å²) < 4.78 is 0. The summed E-state index contributed by atoms with van der Waals surface area (Å²) in [7, 11) is 0. The number of hydrogen-bond donors (Lipinski definition) is 1. The average Bonchev–Trinajstić information content (AvgIpc) is 2.77. The molecule has 1 aromatic rings. The Labute approximate surface area is 109 Å². The highest BCUT2D eigenvalue weighted by atomic mass is 32.1. The lowest BCUT2D eigenvalue weighted by molar-refractivity contribution is 0.134. The number of rotatable bonds is 4. The van der Waals surface area contributed by atoms with E-state index >= 15 is 0 Å². The fourth-order valence-electron chi connectivity index (χ4n) is 3.06. The maximum absolute atomic E-state index is 5.93. The number of piperidine rings is 1. The molecule has 2 nitrogen and oxygen atoms in total. The standard InChI is InChI=1S/C14H24N2S/c1-11-6-12(2)9-16(8-11)10-13(7-15)14-4-3-5-17-14/h3-5,11-13H,6-10,15H2,1-2H3. The Kier molecular flexibility index (Phi) is 4.60. The summed E-state index contributed by atoms with van der Waals surface area (Å²) in [6.45, 7) is 9.11. The third-order valence-corrected chi connectivity index (χ3v) is 4.69. The van der Waals surface area contributed by atoms with Crippen molar-refractivity contribution in [2.24, 2.45) is 17.6 Å². The first-order valence-electron chi connectivity index (χ1n) is 6.64. The largest absolute Gasteiger partial charge is 0.330 e. The molecule has 0 saturated carbocycles. The predicted octanol–water partition coefficient (Wildman–Crippen LogP) is 2.77. The molecule has 0 bridgehead atoms. The van der Waals surface area contributed by atoms with E-state index in [4.69, 9.17) is 5.73 Å². The molecule has 3 atom stereocenters. The van der Waals surface area contributed by atoms with Crippen molar-refractivity contribution < 1.29 is 0 Å². The number of nitrogens with two attached hydrogens (primary N) is 1. The molecule has 0 spiro atoms. The zero-order valence-electron chi connectivity index (χ0n) is 10.9. The Hall–Kier alpha value is -0.380. The minimum absolute atomic E-state index is 0.521. The van der Waals surface area contributed by atoms with E-state index in [1.54, 1.807) is 0 Å². The zero-order chi connectivity index (χ0) is 12.3. The van der Waals surface area contributed by atoms with Gasteiger partial charge in [0.2, 0.25) is 0 Å². The van der Waals surface area contributed by atoms with Crippen molar-refractivity contribution in [3.05, 3.63) is 22.4 Å². The van der Waals surface area contributed by atoms with Crippen molar-refractivity contribution in [1.82, 2.24) is 4.90 Å². The van der Waals surface area contributed by atoms with E-state index in [-0.39, 0.29) is 0 Å². The minimum atomic E-state index is 0.521. The molecule has 2 rings (SSSR count). The molecule has 1 aliphatic heterocycles. The molecule has 1 saturated heterocycles. The van der Waals surface area contributed by atoms with Crippen LogP contribution in [0.15, 0.2) is 17.5 Å². The van der Waals surface area contributed by atoms with E-state index in [9.17, 15) is 0 Å². The summed E-state index contributed by atoms with van der Waals surface area (Å²) in [4.78, 5) is 4.05. The molecule has 96 valence electrons. The lowest BCUT2D eigenvalue weighted by Gasteiger charge is -2.36. The monoisotopic (exact) mass is 252 g/mol. The van der Waals surface area contributed by atoms with Crippen LogP contribution in [0.3, 0.4) is 0 Å². The molecule has 0 amide bonds. The van der Waals surface area contributed by atoms with Crippen LogP contribution in [-0.4, -0.2) is 31.1 Å². The molecule has 3 heteroatoms. The Morgan fingerprint density at radius 1 is 1.41 bits per heavy atom. The van der Waals surface area contributed by atoms with Crippen molar-refractivity contribution in [1.29, 1.82) is 0 Å². The molecule has 0 aromatic carbocycles. The zero-order valence-corrected chi connectivity index (χ0v) is 11.7. The molecule has 1 aromatic heterocycles. The van der Waals surface area contributed by atoms with Crippen LogP contribution in [0.5, 0.6) is 0 Å². The lowest BCUT2D eigenvalue weighted by atomic mass is 9.91. The van der Waals surface area contributed by atoms with Gasteiger partial charge in [-0.1, -0.05) is 19.9 Å². The summed E-state index contributed by atoms with van der Waals surface area (Å²) in [6, 6.07) is 4.35. The molecule has 1 fully saturated rings. The Bertz CT molecular complexity index is 313. The average molecular weight is 252 g/mol. The highest BCUT2D eigenvalue weighted by Crippen LogP contribution is 2.26. The van der Waals surface area contributed by atoms with Crippen molar-refractivity contribution >= 4 is 11.3 Å². The van der Waals surface area contributed by atoms with Gasteiger partial charge < -0.3 is 10.6 Å². The summed E-state index contributed by atoms with van der Waals surface area (Å²) in [6.07, 6.45) is 1.38. The SMILES string of the molecule is CC1CC(C)CN(CC(CN)c2cccs2)C1. The second-order valence-electron chi connectivity index (χ2n) is 5.61. The normalized spacial score (nSPS) is 28.2. The van der Waals surface area contributed by atoms with Crippen molar-refractivity contribution in [3.8, 4) is 0 Å². The fraction of sp³-hybridized carbons (Fsp3) is 0.714. The number of likely N-dealkylation sites (tertiary alicyclic amines) is 1. The van der Waals surface area contributed by atoms with Gasteiger partial charge in [0.25, 0.3) is 0 Å². The first kappa shape index (κ1) is 13.1. The molecule has 0 radical (unpaired) electrons. The summed E-state index contributed by atoms with van der Waals surface area (Å²) in [5, 5.41) is 2.15. The predicted molar refractivity (Wildman–Crippen MR) is 75.5 cm³/mol. The second-order valence-corrected chi connectivity index (χ2v) is 6.59. The molecular weight excluding hydrogens is 228 g/mol. The Morgan fingerprint density at radius 3 is 2.65 bits per heavy atom. The van der Waals surface area contributed by atoms with Gasteiger partial charge in [0.1, 0.15) is 0 Å². The molecular formula is C14H24N2S. The van der Waals surface area contributed by atoms with Gasteiger partial charge >= 0.3 is 0 Å². The molecule has 1 aliphatic rings. The van der Waals surface area contributed by atoms with E-state index in [1.165, 1.54) is 24.4 Å². The number of nitrogens with zero attached hydrogens (tertiary/aromatic N) is 1. The van der Waals surface area contributed by atoms with E-state index in [1.807, 2.05) is 11.3 Å². The van der Waals surface area contributed by atoms with Crippen LogP contribution in [0.1, 0.15) is 31.1 Å². The topological polar surface area (TPSA) is 29.3 Å². The van der Waals surface area contributed by atoms with Crippen LogP contribution >= 0.6 is 11.3 Å². The maximum Gasteiger partial charge on any atom is 0.0183 e. The van der Waals surface area contributed by atoms with Gasteiger partial charge in [-0.25, -0.2) is 0 Å². The highest BCUT2D eigenvalue weighted by Gasteiger charge is 2.24. The van der Waals surface area contributed by atoms with Crippen LogP contribution in [0, 0.1) is 11.8 Å². The summed E-state index contributed by atoms with van der Waals surface area (Å²) in [5.41, 5.74) is 5.93. The fourth-order valence-corrected chi connectivity index (χ4v) is 3.89. The first-order chi connectivity index (χ1) is 8.19. The van der Waals surface area contributed by atoms with Crippen LogP contribution < -0.4 is 5.73 Å². The van der Waals surface area contributed by atoms with Gasteiger partial charge in [-0.2, -0.15) is 0 Å². The van der Waals surface area contributed by atoms with E-state index in [0.717, 1.165) is 24.9 Å². The summed E-state index contributed by atoms with van der Waals surface area (Å²) in [5.74, 6) is 2.19. The van der Waals surface area contributed by atoms with Gasteiger partial charge in [0, 0.05) is 37.0 Å². The van der Waals surface area contributed by atoms with Crippen LogP contribution in [0.2, 0.25) is 0 Å². The minimum Gasteiger partial charge on any atom is -0.330 e. The highest BCUT2D eigenvalue weighted by molar-refractivity contribution is 7.10. The van der Waals surface area contributed by atoms with E-state index in [2.05, 4.69) is 36.3 Å². The van der Waals surface area contributed by atoms with Crippen LogP contribution in [-0.2, 0) is 0 Å². The van der Waals surface area contributed by atoms with Gasteiger partial charge in [0.05, 0.1) is 0 Å². The van der Waals surface area contributed by atoms with Gasteiger partial charge in [0.15, 0.2) is 0 Å². The first-order valence-corrected chi connectivity index (χ1v) is 7.52. The molecule has 2 heterocycles. The second kappa shape index (κ2) is 5.98. The van der Waals surface area contributed by atoms with Gasteiger partial charge in [-0.15, -0.1) is 11.3 Å². The van der Waals surface area contributed by atoms with Gasteiger partial charge in [-0.05, 0) is 29.7 Å². The maximum atomic E-state index is 5.93. The van der Waals surface area contributed by atoms with Crippen LogP contribution in [0.4, 0.5) is 0 Å². The molecule has 0 aliphatic carbocycles. The third-order valence-electron chi connectivity index (χ3n) is 3.65. The summed E-state index contributed by atoms with van der Waals surface area (Å²) >= 11 is 1.84. The van der Waals surface area contributed by atoms with Crippen LogP contribution in [0.25, 0.3) is 0 Å². The lowest BCUT2D eigenvalue weighted by Crippen LogP contribution is -2.41. The Morgan fingerprint density at radius 2 is 2.12 bits per heavy atom. The molecule has 2 N–H and O–H groups in total. The Balaban J connectivity index is 1.94. The van der Waals surface area contributed by atoms with Crippen molar-refractivity contribution in [3.63, 3.8) is 0 Å². The molecule has 17 heavy (non-hydrogen) atoms. The van der Waals surface area contributed by atoms with Crippen molar-refractivity contribution in [2.45, 2.75) is 26.2 Å². The third kappa shape index (κ3) is 3.54. The smallest absolute Gasteiger partial charge is 0.0183 e. The van der Waals surface area contributed by atoms with Gasteiger partial charge in [-0.3, -0.25) is 0 Å². The van der Waals surface area contributed by atoms with Crippen molar-refractivity contribution in [2.75, 3.05) is 26.2 Å². The number of thiophene rings is 1. The van der Waals surface area contributed by atoms with E-state index in [0.29, 0.717) is 5.92 Å². The quantitative estimate of drug-likeness (QED) is 0.893. The molecule has 3 unspecified atom stereocenters. The van der Waals surface area contributed by atoms with E-state index < -0.39 is 0 Å².